The number of hydrogen-bond acceptors (Lipinski definition) is 8. The van der Waals surface area contributed by atoms with Gasteiger partial charge in [0.15, 0.2) is 15.0 Å². The maximum Gasteiger partial charge on any atom is 0.265 e. The van der Waals surface area contributed by atoms with Gasteiger partial charge in [-0.15, -0.1) is 0 Å². The van der Waals surface area contributed by atoms with Crippen LogP contribution in [0.3, 0.4) is 0 Å². The Labute approximate surface area is 246 Å². The van der Waals surface area contributed by atoms with E-state index >= 15 is 0 Å². The summed E-state index contributed by atoms with van der Waals surface area (Å²) >= 11 is 1.42. The van der Waals surface area contributed by atoms with E-state index in [4.69, 9.17) is 5.26 Å². The Balaban J connectivity index is 0.000000228. The third kappa shape index (κ3) is 7.74. The summed E-state index contributed by atoms with van der Waals surface area (Å²) in [4.78, 5) is 20.8. The zero-order chi connectivity index (χ0) is 29.1. The average molecular weight is 608 g/mol. The van der Waals surface area contributed by atoms with Crippen LogP contribution in [0.15, 0.2) is 30.5 Å². The van der Waals surface area contributed by atoms with E-state index in [2.05, 4.69) is 21.3 Å². The van der Waals surface area contributed by atoms with Crippen LogP contribution in [0.5, 0.6) is 0 Å². The van der Waals surface area contributed by atoms with Crippen LogP contribution in [0.25, 0.3) is 10.4 Å². The number of carbonyl (C=O) groups excluding carboxylic acids is 1. The lowest BCUT2D eigenvalue weighted by Gasteiger charge is -2.32. The molecule has 2 aromatic rings. The Morgan fingerprint density at radius 3 is 2.32 bits per heavy atom. The van der Waals surface area contributed by atoms with Gasteiger partial charge < -0.3 is 15.1 Å². The largest absolute Gasteiger partial charge is 0.369 e. The van der Waals surface area contributed by atoms with Gasteiger partial charge in [0.05, 0.1) is 29.0 Å². The zero-order valence-corrected chi connectivity index (χ0v) is 24.8. The fourth-order valence-corrected chi connectivity index (χ4v) is 7.72. The smallest absolute Gasteiger partial charge is 0.265 e. The number of piperidine rings is 1. The fraction of sp³-hybridized carbons (Fsp3) is 0.621. The van der Waals surface area contributed by atoms with Gasteiger partial charge in [-0.05, 0) is 49.8 Å². The Bertz CT molecular complexity index is 1360. The summed E-state index contributed by atoms with van der Waals surface area (Å²) in [6, 6.07) is 10.1. The number of nitrogens with zero attached hydrogens (tertiary/aromatic N) is 4. The molecule has 0 atom stereocenters. The number of hydrogen-bond donors (Lipinski definition) is 1. The van der Waals surface area contributed by atoms with Crippen molar-refractivity contribution in [1.82, 2.24) is 10.3 Å². The summed E-state index contributed by atoms with van der Waals surface area (Å²) in [5.41, 5.74) is 1.50. The lowest BCUT2D eigenvalue weighted by Crippen LogP contribution is -2.42. The van der Waals surface area contributed by atoms with Crippen LogP contribution < -0.4 is 15.1 Å². The predicted molar refractivity (Wildman–Crippen MR) is 159 cm³/mol. The number of alkyl halides is 2. The summed E-state index contributed by atoms with van der Waals surface area (Å²) < 4.78 is 50.4. The van der Waals surface area contributed by atoms with E-state index in [9.17, 15) is 22.0 Å². The normalized spacial score (nSPS) is 23.0. The number of halogens is 2. The van der Waals surface area contributed by atoms with Crippen molar-refractivity contribution < 1.29 is 23.4 Å². The van der Waals surface area contributed by atoms with Crippen molar-refractivity contribution in [3.8, 4) is 16.5 Å². The molecule has 224 valence electrons. The summed E-state index contributed by atoms with van der Waals surface area (Å²) in [5.74, 6) is -1.98. The van der Waals surface area contributed by atoms with Crippen LogP contribution in [0.2, 0.25) is 0 Å². The van der Waals surface area contributed by atoms with Gasteiger partial charge in [0.25, 0.3) is 5.92 Å². The molecule has 8 nitrogen and oxygen atoms in total. The zero-order valence-electron chi connectivity index (χ0n) is 23.2. The SMILES string of the molecule is N#CC1(NC(=O)C2CCCCC2)CC1.O=S1(=O)CCN(c2ccc(-c3cnc(N4CCCC(F)(F)C4)s3)cc2)CC1.[HH]. The number of aromatic nitrogens is 1. The number of nitriles is 1. The molecule has 3 heterocycles. The number of nitrogens with one attached hydrogen (secondary N) is 1. The molecule has 2 aliphatic carbocycles. The minimum Gasteiger partial charge on any atom is -0.369 e. The van der Waals surface area contributed by atoms with Gasteiger partial charge in [-0.1, -0.05) is 42.7 Å². The highest BCUT2D eigenvalue weighted by Gasteiger charge is 2.45. The molecule has 4 fully saturated rings. The molecular weight excluding hydrogens is 568 g/mol. The summed E-state index contributed by atoms with van der Waals surface area (Å²) in [6.45, 7) is 1.36. The standard InChI is InChI=1S/C18H21F2N3O2S2.C11H16N2O.H2/c19-18(20)6-1-7-23(13-18)17-21-12-16(26-17)14-2-4-15(5-3-14)22-8-10-27(24,25)11-9-22;12-8-11(6-7-11)13-10(14)9-4-2-1-3-5-9;/h2-5,12H,1,6-11,13H2;9H,1-7H2,(H,13,14);1H. The summed E-state index contributed by atoms with van der Waals surface area (Å²) in [7, 11) is -2.90. The van der Waals surface area contributed by atoms with Crippen molar-refractivity contribution in [2.24, 2.45) is 5.92 Å². The van der Waals surface area contributed by atoms with E-state index in [1.54, 1.807) is 11.1 Å². The molecule has 2 saturated carbocycles. The van der Waals surface area contributed by atoms with Crippen molar-refractivity contribution in [3.63, 3.8) is 0 Å². The number of amides is 1. The van der Waals surface area contributed by atoms with Gasteiger partial charge in [-0.25, -0.2) is 22.2 Å². The molecule has 41 heavy (non-hydrogen) atoms. The van der Waals surface area contributed by atoms with Gasteiger partial charge in [0.1, 0.15) is 5.54 Å². The first-order chi connectivity index (χ1) is 19.6. The van der Waals surface area contributed by atoms with E-state index in [-0.39, 0.29) is 37.7 Å². The van der Waals surface area contributed by atoms with Crippen molar-refractivity contribution in [2.75, 3.05) is 47.5 Å². The van der Waals surface area contributed by atoms with Gasteiger partial charge in [0.2, 0.25) is 5.91 Å². The lowest BCUT2D eigenvalue weighted by atomic mass is 9.88. The van der Waals surface area contributed by atoms with Crippen LogP contribution in [-0.4, -0.2) is 68.5 Å². The maximum absolute atomic E-state index is 13.6. The molecule has 2 saturated heterocycles. The minimum atomic E-state index is -2.90. The third-order valence-corrected chi connectivity index (χ3v) is 11.0. The maximum atomic E-state index is 13.6. The van der Waals surface area contributed by atoms with Crippen LogP contribution >= 0.6 is 11.3 Å². The average Bonchev–Trinajstić information content (AvgIpc) is 3.56. The van der Waals surface area contributed by atoms with Crippen molar-refractivity contribution >= 4 is 37.9 Å². The molecule has 1 N–H and O–H groups in total. The highest BCUT2D eigenvalue weighted by atomic mass is 32.2. The molecular formula is C29H39F2N5O3S2. The van der Waals surface area contributed by atoms with E-state index in [1.165, 1.54) is 17.8 Å². The summed E-state index contributed by atoms with van der Waals surface area (Å²) in [6.07, 6.45) is 9.42. The van der Waals surface area contributed by atoms with Gasteiger partial charge in [0, 0.05) is 45.3 Å². The van der Waals surface area contributed by atoms with Crippen LogP contribution in [0, 0.1) is 17.2 Å². The lowest BCUT2D eigenvalue weighted by molar-refractivity contribution is -0.126. The number of carbonyl (C=O) groups is 1. The Hall–Kier alpha value is -2.78. The van der Waals surface area contributed by atoms with Crippen molar-refractivity contribution in [3.05, 3.63) is 30.5 Å². The van der Waals surface area contributed by atoms with E-state index in [0.717, 1.165) is 54.7 Å². The monoisotopic (exact) mass is 607 g/mol. The molecule has 0 unspecified atom stereocenters. The number of anilines is 2. The highest BCUT2D eigenvalue weighted by molar-refractivity contribution is 7.91. The van der Waals surface area contributed by atoms with Gasteiger partial charge >= 0.3 is 0 Å². The van der Waals surface area contributed by atoms with Crippen LogP contribution in [0.4, 0.5) is 19.6 Å². The van der Waals surface area contributed by atoms with Crippen LogP contribution in [0.1, 0.15) is 59.2 Å². The molecule has 2 aliphatic heterocycles. The van der Waals surface area contributed by atoms with Gasteiger partial charge in [-0.3, -0.25) is 4.79 Å². The Kier molecular flexibility index (Phi) is 8.85. The molecule has 0 radical (unpaired) electrons. The molecule has 0 spiro atoms. The number of thiazole rings is 1. The first-order valence-electron chi connectivity index (χ1n) is 14.4. The quantitative estimate of drug-likeness (QED) is 0.494. The molecule has 6 rings (SSSR count). The number of sulfone groups is 1. The van der Waals surface area contributed by atoms with E-state index < -0.39 is 21.3 Å². The first-order valence-corrected chi connectivity index (χ1v) is 17.1. The first kappa shape index (κ1) is 29.7. The van der Waals surface area contributed by atoms with Crippen LogP contribution in [-0.2, 0) is 14.6 Å². The number of rotatable bonds is 5. The molecule has 12 heteroatoms. The minimum absolute atomic E-state index is 0. The predicted octanol–water partition coefficient (Wildman–Crippen LogP) is 5.27. The van der Waals surface area contributed by atoms with Crippen molar-refractivity contribution in [1.29, 1.82) is 5.26 Å². The second kappa shape index (κ2) is 12.2. The topological polar surface area (TPSA) is 106 Å². The molecule has 1 aromatic carbocycles. The van der Waals surface area contributed by atoms with E-state index in [1.807, 2.05) is 24.3 Å². The summed E-state index contributed by atoms with van der Waals surface area (Å²) in [5, 5.41) is 12.4. The number of benzene rings is 1. The highest BCUT2D eigenvalue weighted by Crippen LogP contribution is 2.37. The third-order valence-electron chi connectivity index (χ3n) is 8.32. The van der Waals surface area contributed by atoms with Crippen molar-refractivity contribution in [2.45, 2.75) is 69.2 Å². The molecule has 1 amide bonds. The molecule has 1 aromatic heterocycles. The molecule has 0 bridgehead atoms. The Morgan fingerprint density at radius 1 is 1.02 bits per heavy atom. The second-order valence-corrected chi connectivity index (χ2v) is 14.9. The second-order valence-electron chi connectivity index (χ2n) is 11.6. The fourth-order valence-electron chi connectivity index (χ4n) is 5.57. The Morgan fingerprint density at radius 2 is 1.71 bits per heavy atom. The van der Waals surface area contributed by atoms with E-state index in [0.29, 0.717) is 31.2 Å². The van der Waals surface area contributed by atoms with Gasteiger partial charge in [-0.2, -0.15) is 5.26 Å². The molecule has 4 aliphatic rings.